The van der Waals surface area contributed by atoms with Gasteiger partial charge in [-0.05, 0) is 44.3 Å². The van der Waals surface area contributed by atoms with Crippen LogP contribution in [0.4, 0.5) is 0 Å². The summed E-state index contributed by atoms with van der Waals surface area (Å²) in [5.74, 6) is 0.0665. The third-order valence-electron chi connectivity index (χ3n) is 2.40. The molecule has 1 aromatic heterocycles. The summed E-state index contributed by atoms with van der Waals surface area (Å²) in [4.78, 5) is 13.9. The Morgan fingerprint density at radius 2 is 2.25 bits per heavy atom. The van der Waals surface area contributed by atoms with E-state index in [1.165, 1.54) is 11.3 Å². The summed E-state index contributed by atoms with van der Waals surface area (Å²) >= 11 is 8.27. The van der Waals surface area contributed by atoms with Crippen molar-refractivity contribution in [3.8, 4) is 0 Å². The highest BCUT2D eigenvalue weighted by Crippen LogP contribution is 2.33. The van der Waals surface area contributed by atoms with Gasteiger partial charge in [0.15, 0.2) is 0 Å². The fourth-order valence-electron chi connectivity index (χ4n) is 1.63. The van der Waals surface area contributed by atoms with Crippen LogP contribution in [0.3, 0.4) is 0 Å². The first-order chi connectivity index (χ1) is 7.08. The smallest absolute Gasteiger partial charge is 0.255 e. The van der Waals surface area contributed by atoms with Crippen molar-refractivity contribution in [2.24, 2.45) is 5.73 Å². The standard InChI is InChI=1S/C9H10Br2N2OS.ClH/c10-7-3-6(8(11)15-7)9(14)13-2-1-5(12)4-13;/h3,5H,1-2,4,12H2;1H. The lowest BCUT2D eigenvalue weighted by Gasteiger charge is -2.14. The second kappa shape index (κ2) is 5.82. The number of rotatable bonds is 1. The molecule has 1 unspecified atom stereocenters. The van der Waals surface area contributed by atoms with E-state index in [4.69, 9.17) is 5.73 Å². The van der Waals surface area contributed by atoms with Gasteiger partial charge in [0, 0.05) is 19.1 Å². The number of likely N-dealkylation sites (tertiary alicyclic amines) is 1. The molecule has 1 aliphatic heterocycles. The van der Waals surface area contributed by atoms with E-state index < -0.39 is 0 Å². The maximum Gasteiger partial charge on any atom is 0.255 e. The highest BCUT2D eigenvalue weighted by Gasteiger charge is 2.26. The summed E-state index contributed by atoms with van der Waals surface area (Å²) in [6.07, 6.45) is 0.897. The van der Waals surface area contributed by atoms with Gasteiger partial charge in [0.25, 0.3) is 5.91 Å². The van der Waals surface area contributed by atoms with Crippen molar-refractivity contribution in [3.05, 3.63) is 19.2 Å². The summed E-state index contributed by atoms with van der Waals surface area (Å²) in [7, 11) is 0. The highest BCUT2D eigenvalue weighted by molar-refractivity contribution is 9.12. The molecule has 1 fully saturated rings. The summed E-state index contributed by atoms with van der Waals surface area (Å²) in [5.41, 5.74) is 6.50. The Kier molecular flexibility index (Phi) is 5.25. The molecule has 0 saturated carbocycles. The molecule has 0 spiro atoms. The molecule has 1 aliphatic rings. The molecule has 2 N–H and O–H groups in total. The summed E-state index contributed by atoms with van der Waals surface area (Å²) in [5, 5.41) is 0. The predicted octanol–water partition coefficient (Wildman–Crippen LogP) is 2.87. The Morgan fingerprint density at radius 1 is 1.56 bits per heavy atom. The minimum atomic E-state index is 0. The van der Waals surface area contributed by atoms with Crippen LogP contribution in [-0.4, -0.2) is 29.9 Å². The Morgan fingerprint density at radius 3 is 2.69 bits per heavy atom. The topological polar surface area (TPSA) is 46.3 Å². The molecule has 16 heavy (non-hydrogen) atoms. The van der Waals surface area contributed by atoms with E-state index in [-0.39, 0.29) is 24.4 Å². The molecule has 2 heterocycles. The van der Waals surface area contributed by atoms with Gasteiger partial charge in [-0.2, -0.15) is 0 Å². The average Bonchev–Trinajstić information content (AvgIpc) is 2.71. The minimum absolute atomic E-state index is 0. The zero-order valence-electron chi connectivity index (χ0n) is 8.28. The molecule has 0 aliphatic carbocycles. The monoisotopic (exact) mass is 388 g/mol. The molecule has 1 saturated heterocycles. The Balaban J connectivity index is 0.00000128. The van der Waals surface area contributed by atoms with Gasteiger partial charge in [-0.3, -0.25) is 4.79 Å². The molecule has 2 rings (SSSR count). The Hall–Kier alpha value is 0.380. The molecular formula is C9H11Br2ClN2OS. The maximum atomic E-state index is 12.1. The highest BCUT2D eigenvalue weighted by atomic mass is 79.9. The van der Waals surface area contributed by atoms with Crippen LogP contribution < -0.4 is 5.73 Å². The van der Waals surface area contributed by atoms with Gasteiger partial charge in [-0.1, -0.05) is 0 Å². The van der Waals surface area contributed by atoms with E-state index in [0.29, 0.717) is 6.54 Å². The van der Waals surface area contributed by atoms with E-state index in [9.17, 15) is 4.79 Å². The number of carbonyl (C=O) groups excluding carboxylic acids is 1. The number of thiophene rings is 1. The van der Waals surface area contributed by atoms with Gasteiger partial charge >= 0.3 is 0 Å². The maximum absolute atomic E-state index is 12.1. The van der Waals surface area contributed by atoms with Crippen molar-refractivity contribution in [2.75, 3.05) is 13.1 Å². The first-order valence-corrected chi connectivity index (χ1v) is 6.98. The van der Waals surface area contributed by atoms with Crippen molar-refractivity contribution in [1.82, 2.24) is 4.90 Å². The van der Waals surface area contributed by atoms with Crippen LogP contribution in [-0.2, 0) is 0 Å². The number of halogens is 3. The molecule has 0 bridgehead atoms. The normalized spacial score (nSPS) is 19.7. The second-order valence-electron chi connectivity index (χ2n) is 3.54. The van der Waals surface area contributed by atoms with Crippen molar-refractivity contribution in [3.63, 3.8) is 0 Å². The number of nitrogens with zero attached hydrogens (tertiary/aromatic N) is 1. The van der Waals surface area contributed by atoms with Crippen LogP contribution in [0.2, 0.25) is 0 Å². The van der Waals surface area contributed by atoms with Crippen LogP contribution in [0.1, 0.15) is 16.8 Å². The van der Waals surface area contributed by atoms with Gasteiger partial charge in [0.2, 0.25) is 0 Å². The first-order valence-electron chi connectivity index (χ1n) is 4.57. The molecular weight excluding hydrogens is 379 g/mol. The van der Waals surface area contributed by atoms with Gasteiger partial charge in [-0.25, -0.2) is 0 Å². The van der Waals surface area contributed by atoms with E-state index in [1.807, 2.05) is 11.0 Å². The third-order valence-corrected chi connectivity index (χ3v) is 4.74. The number of hydrogen-bond acceptors (Lipinski definition) is 3. The Labute approximate surface area is 121 Å². The van der Waals surface area contributed by atoms with Gasteiger partial charge in [0.05, 0.1) is 13.1 Å². The largest absolute Gasteiger partial charge is 0.337 e. The quantitative estimate of drug-likeness (QED) is 0.802. The molecule has 7 heteroatoms. The van der Waals surface area contributed by atoms with E-state index in [2.05, 4.69) is 31.9 Å². The van der Waals surface area contributed by atoms with Gasteiger partial charge < -0.3 is 10.6 Å². The van der Waals surface area contributed by atoms with E-state index in [1.54, 1.807) is 0 Å². The van der Waals surface area contributed by atoms with Crippen LogP contribution in [0.15, 0.2) is 13.6 Å². The molecule has 0 radical (unpaired) electrons. The summed E-state index contributed by atoms with van der Waals surface area (Å²) < 4.78 is 1.83. The SMILES string of the molecule is Cl.NC1CCN(C(=O)c2cc(Br)sc2Br)C1. The zero-order chi connectivity index (χ0) is 11.0. The molecule has 1 aromatic rings. The lowest BCUT2D eigenvalue weighted by atomic mass is 10.3. The lowest BCUT2D eigenvalue weighted by Crippen LogP contribution is -2.31. The first kappa shape index (κ1) is 14.4. The zero-order valence-corrected chi connectivity index (χ0v) is 13.1. The third kappa shape index (κ3) is 2.98. The number of nitrogens with two attached hydrogens (primary N) is 1. The predicted molar refractivity (Wildman–Crippen MR) is 75.5 cm³/mol. The summed E-state index contributed by atoms with van der Waals surface area (Å²) in [6.45, 7) is 1.43. The second-order valence-corrected chi connectivity index (χ2v) is 7.29. The fourth-order valence-corrected chi connectivity index (χ4v) is 4.41. The lowest BCUT2D eigenvalue weighted by molar-refractivity contribution is 0.0790. The van der Waals surface area contributed by atoms with Crippen molar-refractivity contribution in [2.45, 2.75) is 12.5 Å². The van der Waals surface area contributed by atoms with Crippen LogP contribution >= 0.6 is 55.6 Å². The fraction of sp³-hybridized carbons (Fsp3) is 0.444. The average molecular weight is 391 g/mol. The molecule has 1 amide bonds. The minimum Gasteiger partial charge on any atom is -0.337 e. The van der Waals surface area contributed by atoms with Crippen LogP contribution in [0.25, 0.3) is 0 Å². The van der Waals surface area contributed by atoms with E-state index >= 15 is 0 Å². The van der Waals surface area contributed by atoms with Gasteiger partial charge in [0.1, 0.15) is 0 Å². The van der Waals surface area contributed by atoms with Crippen molar-refractivity contribution >= 4 is 61.5 Å². The molecule has 3 nitrogen and oxygen atoms in total. The van der Waals surface area contributed by atoms with E-state index in [0.717, 1.165) is 26.1 Å². The van der Waals surface area contributed by atoms with Crippen molar-refractivity contribution < 1.29 is 4.79 Å². The van der Waals surface area contributed by atoms with Gasteiger partial charge in [-0.15, -0.1) is 23.7 Å². The number of hydrogen-bond donors (Lipinski definition) is 1. The molecule has 0 aromatic carbocycles. The number of carbonyl (C=O) groups is 1. The number of amides is 1. The Bertz CT molecular complexity index is 399. The van der Waals surface area contributed by atoms with Crippen LogP contribution in [0.5, 0.6) is 0 Å². The van der Waals surface area contributed by atoms with Crippen LogP contribution in [0, 0.1) is 0 Å². The summed E-state index contributed by atoms with van der Waals surface area (Å²) in [6, 6.07) is 1.98. The van der Waals surface area contributed by atoms with Crippen molar-refractivity contribution in [1.29, 1.82) is 0 Å². The molecule has 1 atom stereocenters. The molecule has 90 valence electrons.